The van der Waals surface area contributed by atoms with Gasteiger partial charge >= 0.3 is 0 Å². The second-order valence-corrected chi connectivity index (χ2v) is 4.72. The number of imidazole rings is 1. The van der Waals surface area contributed by atoms with Gasteiger partial charge in [-0.1, -0.05) is 0 Å². The van der Waals surface area contributed by atoms with Crippen LogP contribution in [-0.2, 0) is 0 Å². The van der Waals surface area contributed by atoms with Crippen LogP contribution in [0.3, 0.4) is 0 Å². The monoisotopic (exact) mass is 292 g/mol. The first-order chi connectivity index (χ1) is 8.00. The molecule has 0 radical (unpaired) electrons. The van der Waals surface area contributed by atoms with Crippen LogP contribution in [0.5, 0.6) is 0 Å². The molecule has 5 heteroatoms. The highest BCUT2D eigenvalue weighted by Gasteiger charge is 2.08. The smallest absolute Gasteiger partial charge is 0.123 e. The molecule has 0 saturated heterocycles. The second kappa shape index (κ2) is 4.33. The van der Waals surface area contributed by atoms with Gasteiger partial charge in [-0.3, -0.25) is 5.41 Å². The molecule has 2 aromatic rings. The van der Waals surface area contributed by atoms with E-state index in [0.29, 0.717) is 5.56 Å². The lowest BCUT2D eigenvalue weighted by molar-refractivity contribution is 0.999. The van der Waals surface area contributed by atoms with Crippen molar-refractivity contribution in [1.29, 1.82) is 5.41 Å². The van der Waals surface area contributed by atoms with Crippen molar-refractivity contribution in [3.8, 4) is 5.69 Å². The van der Waals surface area contributed by atoms with E-state index in [1.54, 1.807) is 6.33 Å². The number of aryl methyl sites for hydroxylation is 1. The van der Waals surface area contributed by atoms with Gasteiger partial charge in [-0.15, -0.1) is 0 Å². The van der Waals surface area contributed by atoms with E-state index in [1.165, 1.54) is 0 Å². The molecule has 0 fully saturated rings. The molecule has 2 rings (SSSR count). The summed E-state index contributed by atoms with van der Waals surface area (Å²) in [6.07, 6.45) is 1.79. The summed E-state index contributed by atoms with van der Waals surface area (Å²) in [5.74, 6) is 0.0574. The molecule has 0 aliphatic rings. The van der Waals surface area contributed by atoms with Gasteiger partial charge in [0, 0.05) is 21.4 Å². The highest BCUT2D eigenvalue weighted by molar-refractivity contribution is 9.10. The van der Waals surface area contributed by atoms with E-state index in [0.717, 1.165) is 21.5 Å². The number of nitrogens with zero attached hydrogens (tertiary/aromatic N) is 2. The molecule has 0 aliphatic heterocycles. The van der Waals surface area contributed by atoms with Crippen LogP contribution in [0.1, 0.15) is 17.0 Å². The molecule has 0 unspecified atom stereocenters. The summed E-state index contributed by atoms with van der Waals surface area (Å²) in [5.41, 5.74) is 9.28. The average molecular weight is 293 g/mol. The molecule has 1 heterocycles. The topological polar surface area (TPSA) is 67.7 Å². The van der Waals surface area contributed by atoms with Crippen molar-refractivity contribution in [2.75, 3.05) is 0 Å². The van der Waals surface area contributed by atoms with Crippen molar-refractivity contribution in [3.63, 3.8) is 0 Å². The van der Waals surface area contributed by atoms with Crippen LogP contribution in [-0.4, -0.2) is 15.4 Å². The quantitative estimate of drug-likeness (QED) is 0.660. The number of hydrogen-bond acceptors (Lipinski definition) is 2. The van der Waals surface area contributed by atoms with Gasteiger partial charge < -0.3 is 10.3 Å². The van der Waals surface area contributed by atoms with Crippen LogP contribution in [0, 0.1) is 19.3 Å². The molecule has 0 amide bonds. The molecule has 0 saturated carbocycles. The fraction of sp³-hybridized carbons (Fsp3) is 0.167. The van der Waals surface area contributed by atoms with Crippen LogP contribution in [0.4, 0.5) is 0 Å². The van der Waals surface area contributed by atoms with Gasteiger partial charge in [-0.05, 0) is 48.0 Å². The highest BCUT2D eigenvalue weighted by Crippen LogP contribution is 2.22. The summed E-state index contributed by atoms with van der Waals surface area (Å²) in [7, 11) is 0. The molecule has 3 N–H and O–H groups in total. The molecule has 0 spiro atoms. The van der Waals surface area contributed by atoms with E-state index in [4.69, 9.17) is 11.1 Å². The molecule has 0 bridgehead atoms. The van der Waals surface area contributed by atoms with Crippen molar-refractivity contribution < 1.29 is 0 Å². The maximum Gasteiger partial charge on any atom is 0.123 e. The predicted molar refractivity (Wildman–Crippen MR) is 71.8 cm³/mol. The Morgan fingerprint density at radius 1 is 1.41 bits per heavy atom. The summed E-state index contributed by atoms with van der Waals surface area (Å²) in [6.45, 7) is 4.00. The average Bonchev–Trinajstić information content (AvgIpc) is 2.59. The van der Waals surface area contributed by atoms with Crippen molar-refractivity contribution in [3.05, 3.63) is 46.0 Å². The lowest BCUT2D eigenvalue weighted by Crippen LogP contribution is -2.12. The Labute approximate surface area is 108 Å². The zero-order valence-electron chi connectivity index (χ0n) is 9.66. The van der Waals surface area contributed by atoms with Gasteiger partial charge in [0.15, 0.2) is 0 Å². The Kier molecular flexibility index (Phi) is 3.02. The first-order valence-corrected chi connectivity index (χ1v) is 5.95. The van der Waals surface area contributed by atoms with Crippen LogP contribution in [0.2, 0.25) is 0 Å². The van der Waals surface area contributed by atoms with E-state index in [1.807, 2.05) is 36.6 Å². The van der Waals surface area contributed by atoms with E-state index in [9.17, 15) is 0 Å². The van der Waals surface area contributed by atoms with Gasteiger partial charge in [-0.25, -0.2) is 4.98 Å². The number of amidine groups is 1. The third-order valence-corrected chi connectivity index (χ3v) is 3.43. The number of halogens is 1. The molecule has 0 atom stereocenters. The third kappa shape index (κ3) is 2.10. The van der Waals surface area contributed by atoms with Gasteiger partial charge in [-0.2, -0.15) is 0 Å². The van der Waals surface area contributed by atoms with Crippen molar-refractivity contribution in [2.24, 2.45) is 5.73 Å². The number of nitrogen functional groups attached to an aromatic ring is 1. The Morgan fingerprint density at radius 3 is 2.59 bits per heavy atom. The lowest BCUT2D eigenvalue weighted by Gasteiger charge is -2.08. The number of nitrogens with one attached hydrogen (secondary N) is 1. The largest absolute Gasteiger partial charge is 0.384 e. The first-order valence-electron chi connectivity index (χ1n) is 5.15. The lowest BCUT2D eigenvalue weighted by atomic mass is 10.2. The highest BCUT2D eigenvalue weighted by atomic mass is 79.9. The minimum Gasteiger partial charge on any atom is -0.384 e. The zero-order chi connectivity index (χ0) is 12.6. The number of hydrogen-bond donors (Lipinski definition) is 2. The van der Waals surface area contributed by atoms with Crippen LogP contribution >= 0.6 is 15.9 Å². The van der Waals surface area contributed by atoms with E-state index >= 15 is 0 Å². The zero-order valence-corrected chi connectivity index (χ0v) is 11.2. The maximum atomic E-state index is 7.43. The summed E-state index contributed by atoms with van der Waals surface area (Å²) in [5, 5.41) is 7.43. The third-order valence-electron chi connectivity index (χ3n) is 2.77. The molecule has 1 aromatic heterocycles. The minimum absolute atomic E-state index is 0.0574. The molecule has 4 nitrogen and oxygen atoms in total. The van der Waals surface area contributed by atoms with E-state index in [-0.39, 0.29) is 5.84 Å². The Hall–Kier alpha value is -1.62. The minimum atomic E-state index is 0.0574. The SMILES string of the molecule is Cc1ncn(-c2ccc(C(=N)N)c(Br)c2)c1C. The van der Waals surface area contributed by atoms with Crippen molar-refractivity contribution in [2.45, 2.75) is 13.8 Å². The maximum absolute atomic E-state index is 7.43. The van der Waals surface area contributed by atoms with Crippen LogP contribution in [0.25, 0.3) is 5.69 Å². The van der Waals surface area contributed by atoms with Crippen molar-refractivity contribution in [1.82, 2.24) is 9.55 Å². The number of rotatable bonds is 2. The predicted octanol–water partition coefficient (Wildman–Crippen LogP) is 2.54. The van der Waals surface area contributed by atoms with Gasteiger partial charge in [0.2, 0.25) is 0 Å². The first kappa shape index (κ1) is 11.9. The molecule has 17 heavy (non-hydrogen) atoms. The fourth-order valence-electron chi connectivity index (χ4n) is 1.63. The Bertz CT molecular complexity index is 586. The normalized spacial score (nSPS) is 10.5. The Balaban J connectivity index is 2.52. The van der Waals surface area contributed by atoms with Gasteiger partial charge in [0.05, 0.1) is 12.0 Å². The number of nitrogens with two attached hydrogens (primary N) is 1. The summed E-state index contributed by atoms with van der Waals surface area (Å²) in [6, 6.07) is 5.69. The van der Waals surface area contributed by atoms with E-state index in [2.05, 4.69) is 20.9 Å². The van der Waals surface area contributed by atoms with Gasteiger partial charge in [0.1, 0.15) is 5.84 Å². The number of benzene rings is 1. The fourth-order valence-corrected chi connectivity index (χ4v) is 2.21. The van der Waals surface area contributed by atoms with Crippen LogP contribution in [0.15, 0.2) is 29.0 Å². The summed E-state index contributed by atoms with van der Waals surface area (Å²) >= 11 is 3.42. The summed E-state index contributed by atoms with van der Waals surface area (Å²) in [4.78, 5) is 4.26. The standard InChI is InChI=1S/C12H13BrN4/c1-7-8(2)17(6-16-7)9-3-4-10(12(14)15)11(13)5-9/h3-6H,1-2H3,(H3,14,15). The molecular formula is C12H13BrN4. The summed E-state index contributed by atoms with van der Waals surface area (Å²) < 4.78 is 2.82. The molecular weight excluding hydrogens is 280 g/mol. The molecule has 0 aliphatic carbocycles. The molecule has 88 valence electrons. The molecule has 1 aromatic carbocycles. The van der Waals surface area contributed by atoms with Crippen LogP contribution < -0.4 is 5.73 Å². The van der Waals surface area contributed by atoms with E-state index < -0.39 is 0 Å². The van der Waals surface area contributed by atoms with Gasteiger partial charge in [0.25, 0.3) is 0 Å². The van der Waals surface area contributed by atoms with Crippen molar-refractivity contribution >= 4 is 21.8 Å². The second-order valence-electron chi connectivity index (χ2n) is 3.86. The number of aromatic nitrogens is 2. The Morgan fingerprint density at radius 2 is 2.12 bits per heavy atom.